The maximum Gasteiger partial charge on any atom is 0.335 e. The van der Waals surface area contributed by atoms with Crippen LogP contribution in [0.4, 0.5) is 0 Å². The highest BCUT2D eigenvalue weighted by molar-refractivity contribution is 5.76. The fraction of sp³-hybridized carbons (Fsp3) is 0.900. The van der Waals surface area contributed by atoms with Gasteiger partial charge in [0, 0.05) is 12.1 Å². The number of ether oxygens (including phenoxy) is 1. The number of carboxylic acids is 1. The Kier molecular flexibility index (Phi) is 4.55. The van der Waals surface area contributed by atoms with Crippen molar-refractivity contribution in [1.29, 1.82) is 0 Å². The van der Waals surface area contributed by atoms with Crippen LogP contribution in [-0.4, -0.2) is 35.9 Å². The van der Waals surface area contributed by atoms with Crippen molar-refractivity contribution in [2.45, 2.75) is 45.3 Å². The molecule has 0 unspecified atom stereocenters. The van der Waals surface area contributed by atoms with Gasteiger partial charge < -0.3 is 15.2 Å². The number of carboxylic acid groups (broad SMARTS) is 1. The van der Waals surface area contributed by atoms with E-state index in [-0.39, 0.29) is 5.54 Å². The average Bonchev–Trinajstić information content (AvgIpc) is 2.03. The minimum absolute atomic E-state index is 0.0193. The third-order valence-electron chi connectivity index (χ3n) is 2.38. The lowest BCUT2D eigenvalue weighted by Gasteiger charge is -2.26. The van der Waals surface area contributed by atoms with Crippen molar-refractivity contribution in [1.82, 2.24) is 5.32 Å². The predicted molar refractivity (Wildman–Crippen MR) is 55.4 cm³/mol. The lowest BCUT2D eigenvalue weighted by Crippen LogP contribution is -2.40. The van der Waals surface area contributed by atoms with E-state index < -0.39 is 11.6 Å². The van der Waals surface area contributed by atoms with E-state index >= 15 is 0 Å². The minimum Gasteiger partial charge on any atom is -0.479 e. The molecular formula is C10H21NO3. The van der Waals surface area contributed by atoms with Crippen LogP contribution in [0.15, 0.2) is 0 Å². The average molecular weight is 203 g/mol. The van der Waals surface area contributed by atoms with Gasteiger partial charge in [0.2, 0.25) is 0 Å². The SMILES string of the molecule is CNC(C)(C)CCOC(C)(C)C(=O)O. The smallest absolute Gasteiger partial charge is 0.335 e. The van der Waals surface area contributed by atoms with Crippen LogP contribution in [0.5, 0.6) is 0 Å². The van der Waals surface area contributed by atoms with E-state index in [4.69, 9.17) is 9.84 Å². The lowest BCUT2D eigenvalue weighted by molar-refractivity contribution is -0.161. The standard InChI is InChI=1S/C10H21NO3/c1-9(2,11-5)6-7-14-10(3,4)8(12)13/h11H,6-7H2,1-5H3,(H,12,13). The zero-order chi connectivity index (χ0) is 11.4. The summed E-state index contributed by atoms with van der Waals surface area (Å²) in [5.41, 5.74) is -1.11. The first-order valence-electron chi connectivity index (χ1n) is 4.77. The molecule has 0 heterocycles. The van der Waals surface area contributed by atoms with E-state index in [2.05, 4.69) is 5.32 Å². The third kappa shape index (κ3) is 4.58. The number of carbonyl (C=O) groups is 1. The highest BCUT2D eigenvalue weighted by atomic mass is 16.5. The quantitative estimate of drug-likeness (QED) is 0.682. The molecule has 4 heteroatoms. The van der Waals surface area contributed by atoms with Crippen molar-refractivity contribution >= 4 is 5.97 Å². The molecule has 0 aliphatic carbocycles. The zero-order valence-corrected chi connectivity index (χ0v) is 9.68. The van der Waals surface area contributed by atoms with Crippen LogP contribution in [0.3, 0.4) is 0 Å². The second-order valence-corrected chi connectivity index (χ2v) is 4.55. The number of hydrogen-bond acceptors (Lipinski definition) is 3. The van der Waals surface area contributed by atoms with Crippen LogP contribution in [-0.2, 0) is 9.53 Å². The second-order valence-electron chi connectivity index (χ2n) is 4.55. The first-order valence-corrected chi connectivity index (χ1v) is 4.77. The highest BCUT2D eigenvalue weighted by Crippen LogP contribution is 2.13. The summed E-state index contributed by atoms with van der Waals surface area (Å²) in [6.07, 6.45) is 0.778. The molecule has 0 fully saturated rings. The van der Waals surface area contributed by atoms with Crippen LogP contribution in [0.25, 0.3) is 0 Å². The molecule has 84 valence electrons. The molecule has 0 aromatic rings. The van der Waals surface area contributed by atoms with Gasteiger partial charge >= 0.3 is 5.97 Å². The summed E-state index contributed by atoms with van der Waals surface area (Å²) in [5.74, 6) is -0.931. The van der Waals surface area contributed by atoms with Crippen LogP contribution >= 0.6 is 0 Å². The molecule has 0 bridgehead atoms. The molecule has 0 rings (SSSR count). The molecule has 0 spiro atoms. The highest BCUT2D eigenvalue weighted by Gasteiger charge is 2.28. The predicted octanol–water partition coefficient (Wildman–Crippen LogP) is 1.25. The van der Waals surface area contributed by atoms with Gasteiger partial charge in [-0.15, -0.1) is 0 Å². The Hall–Kier alpha value is -0.610. The minimum atomic E-state index is -1.09. The van der Waals surface area contributed by atoms with Gasteiger partial charge in [0.25, 0.3) is 0 Å². The summed E-state index contributed by atoms with van der Waals surface area (Å²) < 4.78 is 5.29. The lowest BCUT2D eigenvalue weighted by atomic mass is 10.0. The third-order valence-corrected chi connectivity index (χ3v) is 2.38. The Bertz CT molecular complexity index is 200. The van der Waals surface area contributed by atoms with Gasteiger partial charge in [0.1, 0.15) is 0 Å². The van der Waals surface area contributed by atoms with E-state index in [1.165, 1.54) is 0 Å². The Balaban J connectivity index is 3.91. The van der Waals surface area contributed by atoms with E-state index in [1.807, 2.05) is 20.9 Å². The van der Waals surface area contributed by atoms with Crippen molar-refractivity contribution in [2.75, 3.05) is 13.7 Å². The molecule has 0 amide bonds. The first-order chi connectivity index (χ1) is 6.21. The Morgan fingerprint density at radius 1 is 1.36 bits per heavy atom. The van der Waals surface area contributed by atoms with Gasteiger partial charge in [0.05, 0.1) is 0 Å². The van der Waals surface area contributed by atoms with Gasteiger partial charge in [0.15, 0.2) is 5.60 Å². The maximum atomic E-state index is 10.7. The van der Waals surface area contributed by atoms with Crippen molar-refractivity contribution in [3.8, 4) is 0 Å². The summed E-state index contributed by atoms with van der Waals surface area (Å²) in [6.45, 7) is 7.64. The topological polar surface area (TPSA) is 58.6 Å². The summed E-state index contributed by atoms with van der Waals surface area (Å²) in [5, 5.41) is 11.9. The zero-order valence-electron chi connectivity index (χ0n) is 9.68. The molecule has 0 aliphatic rings. The first kappa shape index (κ1) is 13.4. The molecule has 0 aromatic carbocycles. The van der Waals surface area contributed by atoms with E-state index in [1.54, 1.807) is 13.8 Å². The summed E-state index contributed by atoms with van der Waals surface area (Å²) in [7, 11) is 1.88. The van der Waals surface area contributed by atoms with Gasteiger partial charge in [-0.3, -0.25) is 0 Å². The van der Waals surface area contributed by atoms with Crippen LogP contribution < -0.4 is 5.32 Å². The van der Waals surface area contributed by atoms with Gasteiger partial charge in [-0.1, -0.05) is 0 Å². The molecule has 0 saturated carbocycles. The van der Waals surface area contributed by atoms with Crippen molar-refractivity contribution in [2.24, 2.45) is 0 Å². The van der Waals surface area contributed by atoms with E-state index in [9.17, 15) is 4.79 Å². The van der Waals surface area contributed by atoms with Crippen LogP contribution in [0.1, 0.15) is 34.1 Å². The Morgan fingerprint density at radius 2 is 1.86 bits per heavy atom. The molecule has 0 atom stereocenters. The van der Waals surface area contributed by atoms with Crippen molar-refractivity contribution in [3.63, 3.8) is 0 Å². The normalized spacial score (nSPS) is 12.9. The summed E-state index contributed by atoms with van der Waals surface area (Å²) in [4.78, 5) is 10.7. The fourth-order valence-corrected chi connectivity index (χ4v) is 0.748. The van der Waals surface area contributed by atoms with Gasteiger partial charge in [-0.05, 0) is 41.2 Å². The molecule has 2 N–H and O–H groups in total. The fourth-order valence-electron chi connectivity index (χ4n) is 0.748. The largest absolute Gasteiger partial charge is 0.479 e. The van der Waals surface area contributed by atoms with Crippen molar-refractivity contribution in [3.05, 3.63) is 0 Å². The number of aliphatic carboxylic acids is 1. The van der Waals surface area contributed by atoms with Gasteiger partial charge in [-0.2, -0.15) is 0 Å². The second kappa shape index (κ2) is 4.75. The number of hydrogen-bond donors (Lipinski definition) is 2. The molecule has 0 aliphatic heterocycles. The molecule has 4 nitrogen and oxygen atoms in total. The summed E-state index contributed by atoms with van der Waals surface area (Å²) >= 11 is 0. The molecule has 14 heavy (non-hydrogen) atoms. The molecule has 0 aromatic heterocycles. The number of nitrogens with one attached hydrogen (secondary N) is 1. The number of rotatable bonds is 6. The Labute approximate surface area is 85.6 Å². The monoisotopic (exact) mass is 203 g/mol. The molecular weight excluding hydrogens is 182 g/mol. The Morgan fingerprint density at radius 3 is 2.21 bits per heavy atom. The van der Waals surface area contributed by atoms with Gasteiger partial charge in [-0.25, -0.2) is 4.79 Å². The summed E-state index contributed by atoms with van der Waals surface area (Å²) in [6, 6.07) is 0. The van der Waals surface area contributed by atoms with E-state index in [0.29, 0.717) is 6.61 Å². The van der Waals surface area contributed by atoms with Crippen LogP contribution in [0.2, 0.25) is 0 Å². The van der Waals surface area contributed by atoms with E-state index in [0.717, 1.165) is 6.42 Å². The van der Waals surface area contributed by atoms with Crippen LogP contribution in [0, 0.1) is 0 Å². The molecule has 0 saturated heterocycles. The maximum absolute atomic E-state index is 10.7. The molecule has 0 radical (unpaired) electrons. The van der Waals surface area contributed by atoms with Crippen molar-refractivity contribution < 1.29 is 14.6 Å².